The van der Waals surface area contributed by atoms with Gasteiger partial charge in [-0.3, -0.25) is 0 Å². The molecule has 2 amide bonds. The van der Waals surface area contributed by atoms with Gasteiger partial charge >= 0.3 is 12.2 Å². The van der Waals surface area contributed by atoms with Gasteiger partial charge in [0.1, 0.15) is 5.75 Å². The third kappa shape index (κ3) is 4.96. The normalized spacial score (nSPS) is 12.6. The molecule has 6 nitrogen and oxygen atoms in total. The van der Waals surface area contributed by atoms with Crippen molar-refractivity contribution < 1.29 is 32.2 Å². The second-order valence-electron chi connectivity index (χ2n) is 5.87. The van der Waals surface area contributed by atoms with Gasteiger partial charge in [-0.05, 0) is 29.8 Å². The number of fused-ring (bicyclic) bond motifs is 1. The van der Waals surface area contributed by atoms with E-state index in [1.165, 1.54) is 23.1 Å². The minimum absolute atomic E-state index is 0.0559. The standard InChI is InChI=1S/C18H17F3N2O4/c1-23(9-12-6-7-15-16(8-12)27-11-26-15)17(24)22-13-4-2-3-5-14(13)25-10-18(19,20)21/h2-8H,9-11H2,1H3,(H,22,24). The molecule has 27 heavy (non-hydrogen) atoms. The molecule has 3 rings (SSSR count). The number of rotatable bonds is 5. The molecule has 0 radical (unpaired) electrons. The van der Waals surface area contributed by atoms with Crippen LogP contribution in [0.1, 0.15) is 5.56 Å². The zero-order valence-electron chi connectivity index (χ0n) is 14.4. The second kappa shape index (κ2) is 7.65. The molecule has 0 fully saturated rings. The molecule has 0 saturated carbocycles. The first-order chi connectivity index (χ1) is 12.8. The molecule has 0 atom stereocenters. The predicted octanol–water partition coefficient (Wildman–Crippen LogP) is 4.02. The van der Waals surface area contributed by atoms with Crippen LogP contribution in [0.4, 0.5) is 23.7 Å². The number of alkyl halides is 3. The molecule has 1 aliphatic heterocycles. The Kier molecular flexibility index (Phi) is 5.29. The maximum Gasteiger partial charge on any atom is 0.422 e. The van der Waals surface area contributed by atoms with Crippen molar-refractivity contribution in [3.8, 4) is 17.2 Å². The topological polar surface area (TPSA) is 60.0 Å². The van der Waals surface area contributed by atoms with Crippen LogP contribution in [0.15, 0.2) is 42.5 Å². The van der Waals surface area contributed by atoms with Crippen LogP contribution in [0.5, 0.6) is 17.2 Å². The van der Waals surface area contributed by atoms with E-state index in [0.717, 1.165) is 5.56 Å². The van der Waals surface area contributed by atoms with Gasteiger partial charge in [0, 0.05) is 13.6 Å². The lowest BCUT2D eigenvalue weighted by atomic mass is 10.2. The van der Waals surface area contributed by atoms with Gasteiger partial charge in [-0.2, -0.15) is 13.2 Å². The second-order valence-corrected chi connectivity index (χ2v) is 5.87. The van der Waals surface area contributed by atoms with E-state index < -0.39 is 18.8 Å². The third-order valence-electron chi connectivity index (χ3n) is 3.72. The summed E-state index contributed by atoms with van der Waals surface area (Å²) in [6.07, 6.45) is -4.47. The summed E-state index contributed by atoms with van der Waals surface area (Å²) in [5.74, 6) is 1.19. The number of ether oxygens (including phenoxy) is 3. The van der Waals surface area contributed by atoms with Gasteiger partial charge in [0.25, 0.3) is 0 Å². The molecule has 1 heterocycles. The predicted molar refractivity (Wildman–Crippen MR) is 91.0 cm³/mol. The number of anilines is 1. The van der Waals surface area contributed by atoms with Gasteiger partial charge in [-0.15, -0.1) is 0 Å². The molecule has 2 aromatic rings. The molecular weight excluding hydrogens is 365 g/mol. The van der Waals surface area contributed by atoms with Gasteiger partial charge in [-0.1, -0.05) is 18.2 Å². The Bertz CT molecular complexity index is 826. The van der Waals surface area contributed by atoms with Crippen LogP contribution in [0.25, 0.3) is 0 Å². The van der Waals surface area contributed by atoms with E-state index in [1.807, 2.05) is 0 Å². The Morgan fingerprint density at radius 2 is 1.93 bits per heavy atom. The van der Waals surface area contributed by atoms with Crippen LogP contribution in [0.3, 0.4) is 0 Å². The van der Waals surface area contributed by atoms with E-state index in [9.17, 15) is 18.0 Å². The number of carbonyl (C=O) groups excluding carboxylic acids is 1. The molecule has 2 aromatic carbocycles. The smallest absolute Gasteiger partial charge is 0.422 e. The SMILES string of the molecule is CN(Cc1ccc2c(c1)OCO2)C(=O)Nc1ccccc1OCC(F)(F)F. The highest BCUT2D eigenvalue weighted by molar-refractivity contribution is 5.90. The molecule has 0 aromatic heterocycles. The van der Waals surface area contributed by atoms with Crippen LogP contribution in [0, 0.1) is 0 Å². The molecule has 0 aliphatic carbocycles. The monoisotopic (exact) mass is 382 g/mol. The molecule has 1 N–H and O–H groups in total. The molecule has 0 saturated heterocycles. The van der Waals surface area contributed by atoms with E-state index in [1.54, 1.807) is 31.3 Å². The van der Waals surface area contributed by atoms with Crippen molar-refractivity contribution >= 4 is 11.7 Å². The average molecular weight is 382 g/mol. The lowest BCUT2D eigenvalue weighted by molar-refractivity contribution is -0.153. The van der Waals surface area contributed by atoms with Crippen LogP contribution < -0.4 is 19.5 Å². The quantitative estimate of drug-likeness (QED) is 0.849. The fraction of sp³-hybridized carbons (Fsp3) is 0.278. The van der Waals surface area contributed by atoms with E-state index >= 15 is 0 Å². The highest BCUT2D eigenvalue weighted by Crippen LogP contribution is 2.33. The highest BCUT2D eigenvalue weighted by atomic mass is 19.4. The number of hydrogen-bond acceptors (Lipinski definition) is 4. The molecule has 0 unspecified atom stereocenters. The van der Waals surface area contributed by atoms with Crippen molar-refractivity contribution in [1.82, 2.24) is 4.90 Å². The van der Waals surface area contributed by atoms with Crippen molar-refractivity contribution in [3.05, 3.63) is 48.0 Å². The zero-order valence-corrected chi connectivity index (χ0v) is 14.4. The van der Waals surface area contributed by atoms with Crippen molar-refractivity contribution in [1.29, 1.82) is 0 Å². The van der Waals surface area contributed by atoms with E-state index in [0.29, 0.717) is 11.5 Å². The number of nitrogens with zero attached hydrogens (tertiary/aromatic N) is 1. The van der Waals surface area contributed by atoms with Crippen LogP contribution in [-0.2, 0) is 6.54 Å². The first-order valence-electron chi connectivity index (χ1n) is 8.01. The van der Waals surface area contributed by atoms with Crippen LogP contribution in [0.2, 0.25) is 0 Å². The third-order valence-corrected chi connectivity index (χ3v) is 3.72. The average Bonchev–Trinajstić information content (AvgIpc) is 3.08. The Hall–Kier alpha value is -3.10. The zero-order chi connectivity index (χ0) is 19.4. The summed E-state index contributed by atoms with van der Waals surface area (Å²) in [5, 5.41) is 2.56. The summed E-state index contributed by atoms with van der Waals surface area (Å²) in [5.41, 5.74) is 0.975. The first kappa shape index (κ1) is 18.7. The van der Waals surface area contributed by atoms with Gasteiger partial charge < -0.3 is 24.4 Å². The summed E-state index contributed by atoms with van der Waals surface area (Å²) in [4.78, 5) is 13.8. The van der Waals surface area contributed by atoms with E-state index in [-0.39, 0.29) is 24.8 Å². The van der Waals surface area contributed by atoms with E-state index in [4.69, 9.17) is 14.2 Å². The Balaban J connectivity index is 1.63. The number of hydrogen-bond donors (Lipinski definition) is 1. The molecule has 9 heteroatoms. The number of benzene rings is 2. The summed E-state index contributed by atoms with van der Waals surface area (Å²) >= 11 is 0. The van der Waals surface area contributed by atoms with Gasteiger partial charge in [-0.25, -0.2) is 4.79 Å². The minimum Gasteiger partial charge on any atom is -0.482 e. The van der Waals surface area contributed by atoms with Gasteiger partial charge in [0.2, 0.25) is 6.79 Å². The summed E-state index contributed by atoms with van der Waals surface area (Å²) < 4.78 is 52.4. The van der Waals surface area contributed by atoms with Gasteiger partial charge in [0.05, 0.1) is 5.69 Å². The number of para-hydroxylation sites is 2. The number of halogens is 3. The van der Waals surface area contributed by atoms with Crippen molar-refractivity contribution in [2.45, 2.75) is 12.7 Å². The first-order valence-corrected chi connectivity index (χ1v) is 8.01. The number of nitrogens with one attached hydrogen (secondary N) is 1. The largest absolute Gasteiger partial charge is 0.482 e. The molecule has 144 valence electrons. The molecular formula is C18H17F3N2O4. The Labute approximate surface area is 153 Å². The van der Waals surface area contributed by atoms with Crippen molar-refractivity contribution in [2.75, 3.05) is 25.8 Å². The Morgan fingerprint density at radius 1 is 1.19 bits per heavy atom. The summed E-state index contributed by atoms with van der Waals surface area (Å²) in [6.45, 7) is -1.01. The van der Waals surface area contributed by atoms with Crippen LogP contribution in [-0.4, -0.2) is 37.6 Å². The van der Waals surface area contributed by atoms with E-state index in [2.05, 4.69) is 5.32 Å². The van der Waals surface area contributed by atoms with Gasteiger partial charge in [0.15, 0.2) is 18.1 Å². The molecule has 0 spiro atoms. The van der Waals surface area contributed by atoms with Crippen LogP contribution >= 0.6 is 0 Å². The molecule has 0 bridgehead atoms. The lowest BCUT2D eigenvalue weighted by Gasteiger charge is -2.20. The highest BCUT2D eigenvalue weighted by Gasteiger charge is 2.29. The maximum atomic E-state index is 12.4. The fourth-order valence-electron chi connectivity index (χ4n) is 2.45. The van der Waals surface area contributed by atoms with Crippen molar-refractivity contribution in [2.24, 2.45) is 0 Å². The molecule has 1 aliphatic rings. The summed E-state index contributed by atoms with van der Waals surface area (Å²) in [7, 11) is 1.57. The van der Waals surface area contributed by atoms with Crippen molar-refractivity contribution in [3.63, 3.8) is 0 Å². The number of urea groups is 1. The minimum atomic E-state index is -4.47. The lowest BCUT2D eigenvalue weighted by Crippen LogP contribution is -2.31. The number of amides is 2. The fourth-order valence-corrected chi connectivity index (χ4v) is 2.45. The Morgan fingerprint density at radius 3 is 2.70 bits per heavy atom. The summed E-state index contributed by atoms with van der Waals surface area (Å²) in [6, 6.07) is 10.8. The number of carbonyl (C=O) groups is 1. The maximum absolute atomic E-state index is 12.4.